The van der Waals surface area contributed by atoms with E-state index < -0.39 is 10.0 Å². The van der Waals surface area contributed by atoms with Crippen molar-refractivity contribution in [2.45, 2.75) is 37.8 Å². The summed E-state index contributed by atoms with van der Waals surface area (Å²) in [5, 5.41) is 1.07. The van der Waals surface area contributed by atoms with Crippen LogP contribution in [0.25, 0.3) is 10.9 Å². The number of nitrogens with zero attached hydrogens (tertiary/aromatic N) is 3. The van der Waals surface area contributed by atoms with Crippen LogP contribution in [0.2, 0.25) is 5.15 Å². The fraction of sp³-hybridized carbons (Fsp3) is 0.529. The lowest BCUT2D eigenvalue weighted by atomic mass is 9.93. The highest BCUT2D eigenvalue weighted by atomic mass is 35.5. The van der Waals surface area contributed by atoms with Crippen LogP contribution in [0.4, 0.5) is 0 Å². The predicted octanol–water partition coefficient (Wildman–Crippen LogP) is 2.87. The molecule has 0 N–H and O–H groups in total. The molecule has 2 aromatic rings. The molecule has 0 spiro atoms. The van der Waals surface area contributed by atoms with Crippen molar-refractivity contribution in [2.24, 2.45) is 0 Å². The summed E-state index contributed by atoms with van der Waals surface area (Å²) in [5.41, 5.74) is 0.688. The van der Waals surface area contributed by atoms with Crippen molar-refractivity contribution in [3.05, 3.63) is 23.6 Å². The number of fused-ring (bicyclic) bond motifs is 1. The topological polar surface area (TPSA) is 81.6 Å². The van der Waals surface area contributed by atoms with Gasteiger partial charge in [-0.3, -0.25) is 0 Å². The molecule has 0 radical (unpaired) electrons. The van der Waals surface area contributed by atoms with Crippen LogP contribution in [0.5, 0.6) is 11.5 Å². The molecule has 0 unspecified atom stereocenters. The molecule has 9 heteroatoms. The summed E-state index contributed by atoms with van der Waals surface area (Å²) >= 11 is 6.15. The van der Waals surface area contributed by atoms with Gasteiger partial charge in [-0.15, -0.1) is 0 Å². The molecule has 1 aromatic carbocycles. The molecule has 26 heavy (non-hydrogen) atoms. The van der Waals surface area contributed by atoms with E-state index in [1.807, 2.05) is 0 Å². The Morgan fingerprint density at radius 2 is 1.85 bits per heavy atom. The number of sulfonamides is 1. The largest absolute Gasteiger partial charge is 0.493 e. The monoisotopic (exact) mass is 399 g/mol. The molecular formula is C17H22ClN3O4S. The number of aromatic nitrogens is 2. The molecular weight excluding hydrogens is 378 g/mol. The van der Waals surface area contributed by atoms with Crippen LogP contribution in [0.3, 0.4) is 0 Å². The second kappa shape index (κ2) is 7.54. The van der Waals surface area contributed by atoms with Crippen LogP contribution < -0.4 is 9.47 Å². The first kappa shape index (κ1) is 19.1. The Morgan fingerprint density at radius 3 is 2.46 bits per heavy atom. The van der Waals surface area contributed by atoms with Gasteiger partial charge < -0.3 is 9.47 Å². The lowest BCUT2D eigenvalue weighted by Crippen LogP contribution is -2.40. The molecule has 1 aliphatic rings. The molecule has 0 atom stereocenters. The van der Waals surface area contributed by atoms with E-state index in [9.17, 15) is 8.42 Å². The van der Waals surface area contributed by atoms with Crippen LogP contribution in [-0.4, -0.2) is 55.3 Å². The van der Waals surface area contributed by atoms with Crippen molar-refractivity contribution in [2.75, 3.05) is 20.4 Å². The molecule has 1 saturated carbocycles. The van der Waals surface area contributed by atoms with Gasteiger partial charge in [0.25, 0.3) is 0 Å². The minimum atomic E-state index is -3.17. The number of halogens is 1. The third kappa shape index (κ3) is 4.02. The number of rotatable bonds is 5. The van der Waals surface area contributed by atoms with Gasteiger partial charge in [0.15, 0.2) is 11.5 Å². The molecule has 1 aromatic heterocycles. The van der Waals surface area contributed by atoms with E-state index in [1.54, 1.807) is 26.3 Å². The smallest absolute Gasteiger partial charge is 0.211 e. The van der Waals surface area contributed by atoms with Crippen LogP contribution in [0, 0.1) is 0 Å². The third-order valence-corrected chi connectivity index (χ3v) is 6.49. The summed E-state index contributed by atoms with van der Waals surface area (Å²) < 4.78 is 36.4. The van der Waals surface area contributed by atoms with Gasteiger partial charge in [-0.25, -0.2) is 22.7 Å². The van der Waals surface area contributed by atoms with Crippen molar-refractivity contribution < 1.29 is 17.9 Å². The zero-order valence-corrected chi connectivity index (χ0v) is 16.5. The molecule has 7 nitrogen and oxygen atoms in total. The third-order valence-electron chi connectivity index (χ3n) is 4.85. The summed E-state index contributed by atoms with van der Waals surface area (Å²) in [6, 6.07) is 3.60. The summed E-state index contributed by atoms with van der Waals surface area (Å²) in [4.78, 5) is 8.20. The number of benzene rings is 1. The average Bonchev–Trinajstić information content (AvgIpc) is 2.61. The van der Waals surface area contributed by atoms with Crippen molar-refractivity contribution >= 4 is 32.5 Å². The number of hydrogen-bond donors (Lipinski definition) is 0. The van der Waals surface area contributed by atoms with Crippen LogP contribution >= 0.6 is 11.6 Å². The summed E-state index contributed by atoms with van der Waals surface area (Å²) in [7, 11) is 0.0380. The Labute approximate surface area is 158 Å². The molecule has 0 amide bonds. The van der Waals surface area contributed by atoms with Crippen LogP contribution in [-0.2, 0) is 10.0 Å². The van der Waals surface area contributed by atoms with Gasteiger partial charge >= 0.3 is 0 Å². The van der Waals surface area contributed by atoms with Gasteiger partial charge in [-0.2, -0.15) is 0 Å². The van der Waals surface area contributed by atoms with Gasteiger partial charge in [0.05, 0.1) is 25.0 Å². The Morgan fingerprint density at radius 1 is 1.15 bits per heavy atom. The molecule has 0 aliphatic heterocycles. The maximum atomic E-state index is 11.7. The Hall–Kier alpha value is -1.64. The highest BCUT2D eigenvalue weighted by molar-refractivity contribution is 7.88. The Bertz CT molecular complexity index is 898. The second-order valence-corrected chi connectivity index (χ2v) is 8.91. The van der Waals surface area contributed by atoms with E-state index in [1.165, 1.54) is 16.9 Å². The molecule has 0 bridgehead atoms. The van der Waals surface area contributed by atoms with Crippen molar-refractivity contribution in [3.8, 4) is 11.5 Å². The van der Waals surface area contributed by atoms with E-state index in [-0.39, 0.29) is 12.1 Å². The van der Waals surface area contributed by atoms with Gasteiger partial charge in [0, 0.05) is 24.5 Å². The van der Waals surface area contributed by atoms with Crippen LogP contribution in [0.15, 0.2) is 18.5 Å². The first-order valence-corrected chi connectivity index (χ1v) is 10.6. The quantitative estimate of drug-likeness (QED) is 0.719. The van der Waals surface area contributed by atoms with Gasteiger partial charge in [0.1, 0.15) is 11.5 Å². The number of hydrogen-bond acceptors (Lipinski definition) is 6. The normalized spacial score (nSPS) is 21.1. The minimum absolute atomic E-state index is 0.00559. The molecule has 1 heterocycles. The maximum Gasteiger partial charge on any atom is 0.211 e. The fourth-order valence-electron chi connectivity index (χ4n) is 3.26. The van der Waals surface area contributed by atoms with Gasteiger partial charge in [-0.1, -0.05) is 11.6 Å². The molecule has 0 saturated heterocycles. The van der Waals surface area contributed by atoms with Crippen molar-refractivity contribution in [3.63, 3.8) is 0 Å². The first-order chi connectivity index (χ1) is 12.3. The van der Waals surface area contributed by atoms with Gasteiger partial charge in [0.2, 0.25) is 10.0 Å². The highest BCUT2D eigenvalue weighted by Gasteiger charge is 2.29. The fourth-order valence-corrected chi connectivity index (χ4v) is 4.21. The molecule has 1 aliphatic carbocycles. The zero-order chi connectivity index (χ0) is 18.9. The highest BCUT2D eigenvalue weighted by Crippen LogP contribution is 2.36. The number of ether oxygens (including phenoxy) is 2. The average molecular weight is 400 g/mol. The number of methoxy groups -OCH3 is 1. The van der Waals surface area contributed by atoms with E-state index in [0.29, 0.717) is 27.6 Å². The second-order valence-electron chi connectivity index (χ2n) is 6.51. The Balaban J connectivity index is 1.75. The first-order valence-electron chi connectivity index (χ1n) is 8.37. The van der Waals surface area contributed by atoms with E-state index in [4.69, 9.17) is 21.1 Å². The predicted molar refractivity (Wildman–Crippen MR) is 100 cm³/mol. The molecule has 3 rings (SSSR count). The Kier molecular flexibility index (Phi) is 5.55. The lowest BCUT2D eigenvalue weighted by molar-refractivity contribution is 0.122. The summed E-state index contributed by atoms with van der Waals surface area (Å²) in [5.74, 6) is 1.18. The maximum absolute atomic E-state index is 11.7. The van der Waals surface area contributed by atoms with E-state index in [2.05, 4.69) is 9.97 Å². The van der Waals surface area contributed by atoms with Crippen LogP contribution in [0.1, 0.15) is 25.7 Å². The summed E-state index contributed by atoms with van der Waals surface area (Å²) in [6.07, 6.45) is 5.69. The summed E-state index contributed by atoms with van der Waals surface area (Å²) in [6.45, 7) is 0. The van der Waals surface area contributed by atoms with Crippen molar-refractivity contribution in [1.29, 1.82) is 0 Å². The lowest BCUT2D eigenvalue weighted by Gasteiger charge is -2.33. The molecule has 142 valence electrons. The van der Waals surface area contributed by atoms with Gasteiger partial charge in [-0.05, 0) is 31.7 Å². The van der Waals surface area contributed by atoms with E-state index in [0.717, 1.165) is 25.7 Å². The minimum Gasteiger partial charge on any atom is -0.493 e. The SMILES string of the molecule is COc1cc2ncnc(Cl)c2cc1O[C@H]1CC[C@H](N(C)S(C)(=O)=O)CC1. The molecule has 1 fully saturated rings. The zero-order valence-electron chi connectivity index (χ0n) is 15.0. The standard InChI is InChI=1S/C17H22ClN3O4S/c1-21(26(3,22)23)11-4-6-12(7-5-11)25-16-8-13-14(9-15(16)24-2)19-10-20-17(13)18/h8-12H,4-7H2,1-3H3/t11-,12-. The van der Waals surface area contributed by atoms with Crippen molar-refractivity contribution in [1.82, 2.24) is 14.3 Å². The van der Waals surface area contributed by atoms with E-state index >= 15 is 0 Å².